The van der Waals surface area contributed by atoms with Crippen LogP contribution in [0.1, 0.15) is 38.5 Å². The van der Waals surface area contributed by atoms with Gasteiger partial charge in [0.15, 0.2) is 0 Å². The van der Waals surface area contributed by atoms with E-state index in [1.165, 1.54) is 0 Å². The number of aliphatic hydroxyl groups excluding tert-OH is 1. The maximum Gasteiger partial charge on any atom is 0.0833 e. The van der Waals surface area contributed by atoms with Crippen LogP contribution in [0.15, 0.2) is 24.3 Å². The van der Waals surface area contributed by atoms with Crippen LogP contribution >= 0.6 is 0 Å². The van der Waals surface area contributed by atoms with Crippen molar-refractivity contribution in [3.05, 3.63) is 24.3 Å². The maximum absolute atomic E-state index is 9.87. The van der Waals surface area contributed by atoms with Crippen molar-refractivity contribution < 1.29 is 9.84 Å². The Morgan fingerprint density at radius 2 is 1.47 bits per heavy atom. The van der Waals surface area contributed by atoms with E-state index in [9.17, 15) is 5.11 Å². The van der Waals surface area contributed by atoms with E-state index < -0.39 is 0 Å². The molecule has 0 aliphatic heterocycles. The zero-order valence-electron chi connectivity index (χ0n) is 9.56. The van der Waals surface area contributed by atoms with E-state index in [-0.39, 0.29) is 12.2 Å². The van der Waals surface area contributed by atoms with Gasteiger partial charge in [-0.25, -0.2) is 0 Å². The van der Waals surface area contributed by atoms with Gasteiger partial charge < -0.3 is 9.84 Å². The first-order valence-electron chi connectivity index (χ1n) is 5.85. The summed E-state index contributed by atoms with van der Waals surface area (Å²) in [6.45, 7) is 0. The van der Waals surface area contributed by atoms with Gasteiger partial charge in [-0.2, -0.15) is 0 Å². The molecule has 0 radical (unpaired) electrons. The summed E-state index contributed by atoms with van der Waals surface area (Å²) >= 11 is 0. The van der Waals surface area contributed by atoms with Crippen molar-refractivity contribution in [2.45, 2.75) is 50.7 Å². The molecule has 0 aromatic carbocycles. The van der Waals surface area contributed by atoms with Gasteiger partial charge in [0, 0.05) is 7.11 Å². The van der Waals surface area contributed by atoms with Crippen molar-refractivity contribution in [3.63, 3.8) is 0 Å². The second kappa shape index (κ2) is 7.66. The third-order valence-corrected chi connectivity index (χ3v) is 2.81. The van der Waals surface area contributed by atoms with Gasteiger partial charge in [-0.05, 0) is 38.5 Å². The molecular formula is C13H22O2. The molecule has 0 bridgehead atoms. The van der Waals surface area contributed by atoms with Crippen LogP contribution < -0.4 is 0 Å². The third-order valence-electron chi connectivity index (χ3n) is 2.81. The molecular weight excluding hydrogens is 188 g/mol. The predicted octanol–water partition coefficient (Wildman–Crippen LogP) is 2.83. The van der Waals surface area contributed by atoms with E-state index in [1.807, 2.05) is 0 Å². The molecule has 1 rings (SSSR count). The molecule has 0 aromatic rings. The minimum absolute atomic E-state index is 0.0116. The van der Waals surface area contributed by atoms with Gasteiger partial charge in [0.05, 0.1) is 12.2 Å². The SMILES string of the molecule is COC1CCC=CCCC=CCCC1O. The molecule has 1 aliphatic carbocycles. The molecule has 2 atom stereocenters. The zero-order valence-corrected chi connectivity index (χ0v) is 9.56. The summed E-state index contributed by atoms with van der Waals surface area (Å²) in [5, 5.41) is 9.87. The summed E-state index contributed by atoms with van der Waals surface area (Å²) in [7, 11) is 1.68. The third kappa shape index (κ3) is 5.14. The van der Waals surface area contributed by atoms with Crippen LogP contribution in [0.2, 0.25) is 0 Å². The molecule has 15 heavy (non-hydrogen) atoms. The first-order valence-corrected chi connectivity index (χ1v) is 5.85. The fraction of sp³-hybridized carbons (Fsp3) is 0.692. The topological polar surface area (TPSA) is 29.5 Å². The average Bonchev–Trinajstić information content (AvgIpc) is 2.23. The smallest absolute Gasteiger partial charge is 0.0833 e. The van der Waals surface area contributed by atoms with Crippen molar-refractivity contribution in [1.82, 2.24) is 0 Å². The molecule has 2 heteroatoms. The lowest BCUT2D eigenvalue weighted by atomic mass is 10.0. The largest absolute Gasteiger partial charge is 0.390 e. The Hall–Kier alpha value is -0.600. The van der Waals surface area contributed by atoms with E-state index in [2.05, 4.69) is 24.3 Å². The number of hydrogen-bond acceptors (Lipinski definition) is 2. The Morgan fingerprint density at radius 1 is 0.933 bits per heavy atom. The molecule has 1 aliphatic rings. The standard InChI is InChI=1S/C13H22O2/c1-15-13-11-9-7-5-3-2-4-6-8-10-12(13)14/h4-7,12-14H,2-3,8-11H2,1H3. The highest BCUT2D eigenvalue weighted by Gasteiger charge is 2.16. The number of ether oxygens (including phenoxy) is 1. The normalized spacial score (nSPS) is 29.5. The quantitative estimate of drug-likeness (QED) is 0.674. The highest BCUT2D eigenvalue weighted by atomic mass is 16.5. The fourth-order valence-electron chi connectivity index (χ4n) is 1.84. The summed E-state index contributed by atoms with van der Waals surface area (Å²) in [4.78, 5) is 0. The van der Waals surface area contributed by atoms with Crippen molar-refractivity contribution >= 4 is 0 Å². The van der Waals surface area contributed by atoms with E-state index in [4.69, 9.17) is 4.74 Å². The van der Waals surface area contributed by atoms with Gasteiger partial charge >= 0.3 is 0 Å². The van der Waals surface area contributed by atoms with E-state index in [0.29, 0.717) is 0 Å². The highest BCUT2D eigenvalue weighted by Crippen LogP contribution is 2.13. The van der Waals surface area contributed by atoms with Crippen LogP contribution in [0, 0.1) is 0 Å². The summed E-state index contributed by atoms with van der Waals surface area (Å²) in [5.41, 5.74) is 0. The van der Waals surface area contributed by atoms with Gasteiger partial charge in [-0.1, -0.05) is 24.3 Å². The van der Waals surface area contributed by atoms with Crippen LogP contribution in [-0.2, 0) is 4.74 Å². The molecule has 0 saturated heterocycles. The second-order valence-corrected chi connectivity index (χ2v) is 4.02. The minimum Gasteiger partial charge on any atom is -0.390 e. The number of methoxy groups -OCH3 is 1. The lowest BCUT2D eigenvalue weighted by Gasteiger charge is -2.20. The molecule has 2 unspecified atom stereocenters. The Balaban J connectivity index is 2.46. The van der Waals surface area contributed by atoms with Gasteiger partial charge in [0.25, 0.3) is 0 Å². The fourth-order valence-corrected chi connectivity index (χ4v) is 1.84. The summed E-state index contributed by atoms with van der Waals surface area (Å²) in [6.07, 6.45) is 14.3. The number of aliphatic hydroxyl groups is 1. The molecule has 2 nitrogen and oxygen atoms in total. The van der Waals surface area contributed by atoms with Crippen LogP contribution in [0.3, 0.4) is 0 Å². The Kier molecular flexibility index (Phi) is 6.37. The number of rotatable bonds is 1. The predicted molar refractivity (Wildman–Crippen MR) is 62.8 cm³/mol. The maximum atomic E-state index is 9.87. The van der Waals surface area contributed by atoms with Gasteiger partial charge in [-0.3, -0.25) is 0 Å². The van der Waals surface area contributed by atoms with Gasteiger partial charge in [0.1, 0.15) is 0 Å². The average molecular weight is 210 g/mol. The Labute approximate surface area is 92.6 Å². The van der Waals surface area contributed by atoms with E-state index >= 15 is 0 Å². The van der Waals surface area contributed by atoms with E-state index in [0.717, 1.165) is 38.5 Å². The zero-order chi connectivity index (χ0) is 10.9. The molecule has 1 N–H and O–H groups in total. The molecule has 86 valence electrons. The molecule has 0 heterocycles. The monoisotopic (exact) mass is 210 g/mol. The Bertz CT molecular complexity index is 209. The lowest BCUT2D eigenvalue weighted by Crippen LogP contribution is -2.27. The van der Waals surface area contributed by atoms with Crippen molar-refractivity contribution in [2.75, 3.05) is 7.11 Å². The van der Waals surface area contributed by atoms with Crippen molar-refractivity contribution in [2.24, 2.45) is 0 Å². The van der Waals surface area contributed by atoms with Crippen LogP contribution in [-0.4, -0.2) is 24.4 Å². The summed E-state index contributed by atoms with van der Waals surface area (Å²) in [5.74, 6) is 0. The summed E-state index contributed by atoms with van der Waals surface area (Å²) < 4.78 is 5.30. The lowest BCUT2D eigenvalue weighted by molar-refractivity contribution is -0.0187. The van der Waals surface area contributed by atoms with Gasteiger partial charge in [0.2, 0.25) is 0 Å². The van der Waals surface area contributed by atoms with Crippen LogP contribution in [0.25, 0.3) is 0 Å². The molecule has 0 fully saturated rings. The van der Waals surface area contributed by atoms with Gasteiger partial charge in [-0.15, -0.1) is 0 Å². The second-order valence-electron chi connectivity index (χ2n) is 4.02. The molecule has 0 saturated carbocycles. The molecule has 0 amide bonds. The van der Waals surface area contributed by atoms with Crippen LogP contribution in [0.4, 0.5) is 0 Å². The van der Waals surface area contributed by atoms with E-state index in [1.54, 1.807) is 7.11 Å². The van der Waals surface area contributed by atoms with Crippen LogP contribution in [0.5, 0.6) is 0 Å². The number of allylic oxidation sites excluding steroid dienone is 4. The molecule has 0 spiro atoms. The minimum atomic E-state index is -0.326. The molecule has 0 aromatic heterocycles. The first-order chi connectivity index (χ1) is 7.34. The Morgan fingerprint density at radius 3 is 2.07 bits per heavy atom. The van der Waals surface area contributed by atoms with Crippen molar-refractivity contribution in [1.29, 1.82) is 0 Å². The van der Waals surface area contributed by atoms with Crippen molar-refractivity contribution in [3.8, 4) is 0 Å². The highest BCUT2D eigenvalue weighted by molar-refractivity contribution is 4.90. The first kappa shape index (κ1) is 12.5. The number of hydrogen-bond donors (Lipinski definition) is 1. The summed E-state index contributed by atoms with van der Waals surface area (Å²) in [6, 6.07) is 0.